The van der Waals surface area contributed by atoms with Crippen molar-refractivity contribution in [3.05, 3.63) is 34.2 Å². The van der Waals surface area contributed by atoms with Gasteiger partial charge in [0.25, 0.3) is 5.91 Å². The van der Waals surface area contributed by atoms with E-state index >= 15 is 0 Å². The average Bonchev–Trinajstić information content (AvgIpc) is 2.33. The van der Waals surface area contributed by atoms with Gasteiger partial charge in [0.15, 0.2) is 0 Å². The van der Waals surface area contributed by atoms with Gasteiger partial charge in [-0.25, -0.2) is 4.79 Å². The highest BCUT2D eigenvalue weighted by molar-refractivity contribution is 7.98. The van der Waals surface area contributed by atoms with Gasteiger partial charge in [0.05, 0.1) is 0 Å². The largest absolute Gasteiger partial charge is 0.480 e. The smallest absolute Gasteiger partial charge is 0.326 e. The number of hydrogen-bond acceptors (Lipinski definition) is 4. The van der Waals surface area contributed by atoms with E-state index in [9.17, 15) is 14.4 Å². The van der Waals surface area contributed by atoms with Crippen LogP contribution in [-0.2, 0) is 4.79 Å². The molecule has 0 aromatic carbocycles. The molecule has 0 fully saturated rings. The molecule has 0 saturated heterocycles. The second-order valence-corrected chi connectivity index (χ2v) is 4.56. The molecular weight excluding hydrogens is 256 g/mol. The number of pyridine rings is 1. The van der Waals surface area contributed by atoms with Gasteiger partial charge in [-0.2, -0.15) is 11.8 Å². The maximum absolute atomic E-state index is 11.7. The Kier molecular flexibility index (Phi) is 5.44. The van der Waals surface area contributed by atoms with Gasteiger partial charge in [-0.1, -0.05) is 6.07 Å². The maximum atomic E-state index is 11.7. The Balaban J connectivity index is 2.72. The molecular formula is C11H14N2O4S. The third-order valence-electron chi connectivity index (χ3n) is 2.23. The number of carboxylic acid groups (broad SMARTS) is 1. The van der Waals surface area contributed by atoms with Crippen LogP contribution in [0.4, 0.5) is 0 Å². The topological polar surface area (TPSA) is 99.3 Å². The molecule has 98 valence electrons. The summed E-state index contributed by atoms with van der Waals surface area (Å²) in [4.78, 5) is 36.0. The number of carbonyl (C=O) groups is 2. The van der Waals surface area contributed by atoms with Crippen molar-refractivity contribution in [3.8, 4) is 0 Å². The summed E-state index contributed by atoms with van der Waals surface area (Å²) in [7, 11) is 0. The number of nitrogens with one attached hydrogen (secondary N) is 2. The van der Waals surface area contributed by atoms with E-state index in [0.717, 1.165) is 0 Å². The molecule has 1 rings (SSSR count). The van der Waals surface area contributed by atoms with Gasteiger partial charge in [0.2, 0.25) is 5.56 Å². The minimum atomic E-state index is -1.09. The van der Waals surface area contributed by atoms with Crippen LogP contribution in [0.5, 0.6) is 0 Å². The number of rotatable bonds is 6. The van der Waals surface area contributed by atoms with Gasteiger partial charge < -0.3 is 15.4 Å². The normalized spacial score (nSPS) is 11.8. The van der Waals surface area contributed by atoms with Crippen molar-refractivity contribution in [2.75, 3.05) is 12.0 Å². The summed E-state index contributed by atoms with van der Waals surface area (Å²) in [5.41, 5.74) is -0.350. The Hall–Kier alpha value is -1.76. The summed E-state index contributed by atoms with van der Waals surface area (Å²) >= 11 is 1.50. The van der Waals surface area contributed by atoms with Crippen molar-refractivity contribution in [2.24, 2.45) is 0 Å². The van der Waals surface area contributed by atoms with Crippen LogP contribution in [0.25, 0.3) is 0 Å². The van der Waals surface area contributed by atoms with Gasteiger partial charge in [-0.3, -0.25) is 9.59 Å². The average molecular weight is 270 g/mol. The summed E-state index contributed by atoms with van der Waals surface area (Å²) in [6.07, 6.45) is 2.19. The molecule has 6 nitrogen and oxygen atoms in total. The Morgan fingerprint density at radius 2 is 2.22 bits per heavy atom. The molecule has 3 N–H and O–H groups in total. The third kappa shape index (κ3) is 4.25. The van der Waals surface area contributed by atoms with Crippen LogP contribution < -0.4 is 10.9 Å². The Bertz CT molecular complexity index is 486. The van der Waals surface area contributed by atoms with E-state index in [2.05, 4.69) is 10.3 Å². The first kappa shape index (κ1) is 14.3. The number of carboxylic acids is 1. The van der Waals surface area contributed by atoms with E-state index in [1.165, 1.54) is 30.0 Å². The van der Waals surface area contributed by atoms with Crippen LogP contribution in [0.1, 0.15) is 16.9 Å². The van der Waals surface area contributed by atoms with Crippen LogP contribution >= 0.6 is 11.8 Å². The fourth-order valence-corrected chi connectivity index (χ4v) is 1.78. The van der Waals surface area contributed by atoms with E-state index in [-0.39, 0.29) is 5.69 Å². The van der Waals surface area contributed by atoms with E-state index < -0.39 is 23.5 Å². The van der Waals surface area contributed by atoms with Gasteiger partial charge in [-0.05, 0) is 24.5 Å². The van der Waals surface area contributed by atoms with E-state index in [0.29, 0.717) is 12.2 Å². The molecule has 7 heteroatoms. The van der Waals surface area contributed by atoms with Crippen molar-refractivity contribution in [2.45, 2.75) is 12.5 Å². The number of thioether (sulfide) groups is 1. The molecule has 0 spiro atoms. The van der Waals surface area contributed by atoms with Crippen LogP contribution in [0.3, 0.4) is 0 Å². The lowest BCUT2D eigenvalue weighted by atomic mass is 10.2. The number of carbonyl (C=O) groups excluding carboxylic acids is 1. The minimum Gasteiger partial charge on any atom is -0.480 e. The van der Waals surface area contributed by atoms with E-state index in [4.69, 9.17) is 5.11 Å². The summed E-state index contributed by atoms with van der Waals surface area (Å²) < 4.78 is 0. The zero-order valence-electron chi connectivity index (χ0n) is 9.80. The predicted octanol–water partition coefficient (Wildman–Crippen LogP) is 0.311. The lowest BCUT2D eigenvalue weighted by molar-refractivity contribution is -0.139. The first-order chi connectivity index (χ1) is 8.54. The quantitative estimate of drug-likeness (QED) is 0.691. The molecule has 1 aromatic heterocycles. The zero-order valence-corrected chi connectivity index (χ0v) is 10.6. The highest BCUT2D eigenvalue weighted by atomic mass is 32.2. The number of H-pyrrole nitrogens is 1. The lowest BCUT2D eigenvalue weighted by Gasteiger charge is -2.13. The second-order valence-electron chi connectivity index (χ2n) is 3.57. The molecule has 1 heterocycles. The Morgan fingerprint density at radius 3 is 2.78 bits per heavy atom. The monoisotopic (exact) mass is 270 g/mol. The van der Waals surface area contributed by atoms with Crippen molar-refractivity contribution in [1.29, 1.82) is 0 Å². The van der Waals surface area contributed by atoms with Gasteiger partial charge in [0.1, 0.15) is 11.7 Å². The molecule has 1 amide bonds. The zero-order chi connectivity index (χ0) is 13.5. The Morgan fingerprint density at radius 1 is 1.50 bits per heavy atom. The first-order valence-corrected chi connectivity index (χ1v) is 6.66. The fourth-order valence-electron chi connectivity index (χ4n) is 1.31. The third-order valence-corrected chi connectivity index (χ3v) is 2.87. The number of aliphatic carboxylic acids is 1. The number of aromatic nitrogens is 1. The van der Waals surface area contributed by atoms with E-state index in [1.54, 1.807) is 0 Å². The first-order valence-electron chi connectivity index (χ1n) is 5.26. The second kappa shape index (κ2) is 6.85. The van der Waals surface area contributed by atoms with Crippen molar-refractivity contribution < 1.29 is 14.7 Å². The summed E-state index contributed by atoms with van der Waals surface area (Å²) in [6, 6.07) is 3.18. The summed E-state index contributed by atoms with van der Waals surface area (Å²) in [5, 5.41) is 11.3. The summed E-state index contributed by atoms with van der Waals surface area (Å²) in [5.74, 6) is -1.06. The SMILES string of the molecule is CSCC[C@@H](NC(=O)c1cccc(=O)[nH]1)C(=O)O. The molecule has 0 saturated carbocycles. The van der Waals surface area contributed by atoms with Gasteiger partial charge in [-0.15, -0.1) is 0 Å². The van der Waals surface area contributed by atoms with E-state index in [1.807, 2.05) is 6.26 Å². The van der Waals surface area contributed by atoms with Crippen molar-refractivity contribution in [1.82, 2.24) is 10.3 Å². The molecule has 1 atom stereocenters. The fraction of sp³-hybridized carbons (Fsp3) is 0.364. The molecule has 0 bridgehead atoms. The highest BCUT2D eigenvalue weighted by Gasteiger charge is 2.20. The molecule has 0 aliphatic rings. The molecule has 0 unspecified atom stereocenters. The number of amides is 1. The number of aromatic amines is 1. The van der Waals surface area contributed by atoms with Crippen LogP contribution in [-0.4, -0.2) is 40.0 Å². The number of hydrogen-bond donors (Lipinski definition) is 3. The van der Waals surface area contributed by atoms with Crippen LogP contribution in [0.15, 0.2) is 23.0 Å². The molecule has 18 heavy (non-hydrogen) atoms. The standard InChI is InChI=1S/C11H14N2O4S/c1-18-6-5-8(11(16)17)13-10(15)7-3-2-4-9(14)12-7/h2-4,8H,5-6H2,1H3,(H,12,14)(H,13,15)(H,16,17)/t8-/m1/s1. The van der Waals surface area contributed by atoms with Gasteiger partial charge in [0, 0.05) is 6.07 Å². The minimum absolute atomic E-state index is 0.0536. The highest BCUT2D eigenvalue weighted by Crippen LogP contribution is 2.02. The molecule has 0 radical (unpaired) electrons. The lowest BCUT2D eigenvalue weighted by Crippen LogP contribution is -2.41. The maximum Gasteiger partial charge on any atom is 0.326 e. The van der Waals surface area contributed by atoms with Crippen molar-refractivity contribution in [3.63, 3.8) is 0 Å². The van der Waals surface area contributed by atoms with Crippen molar-refractivity contribution >= 4 is 23.6 Å². The molecule has 0 aliphatic heterocycles. The van der Waals surface area contributed by atoms with Crippen LogP contribution in [0.2, 0.25) is 0 Å². The predicted molar refractivity (Wildman–Crippen MR) is 69.0 cm³/mol. The molecule has 1 aromatic rings. The van der Waals surface area contributed by atoms with Crippen LogP contribution in [0, 0.1) is 0 Å². The molecule has 0 aliphatic carbocycles. The Labute approximate surface area is 108 Å². The van der Waals surface area contributed by atoms with Gasteiger partial charge >= 0.3 is 5.97 Å². The summed E-state index contributed by atoms with van der Waals surface area (Å²) in [6.45, 7) is 0.